The molecule has 17 heavy (non-hydrogen) atoms. The number of carbonyl (C=O) groups is 1. The topological polar surface area (TPSA) is 62.2 Å². The average Bonchev–Trinajstić information content (AvgIpc) is 2.30. The number of carboxylic acid groups (broad SMARTS) is 1. The van der Waals surface area contributed by atoms with Gasteiger partial charge in [-0.15, -0.1) is 0 Å². The third-order valence-electron chi connectivity index (χ3n) is 2.64. The zero-order valence-electron chi connectivity index (χ0n) is 10.4. The standard InChI is InChI=1S/C13H20N2O2/c1-3-4-5-6-10(2)15-11-7-8-12(13(16)17)14-9-11/h7-10,15H,3-6H2,1-2H3,(H,16,17). The third-order valence-corrected chi connectivity index (χ3v) is 2.64. The van der Waals surface area contributed by atoms with Gasteiger partial charge in [0.2, 0.25) is 0 Å². The lowest BCUT2D eigenvalue weighted by Gasteiger charge is -2.14. The lowest BCUT2D eigenvalue weighted by Crippen LogP contribution is -2.15. The van der Waals surface area contributed by atoms with Crippen molar-refractivity contribution in [3.05, 3.63) is 24.0 Å². The van der Waals surface area contributed by atoms with E-state index in [1.54, 1.807) is 12.3 Å². The van der Waals surface area contributed by atoms with E-state index in [-0.39, 0.29) is 5.69 Å². The van der Waals surface area contributed by atoms with Crippen molar-refractivity contribution in [2.75, 3.05) is 5.32 Å². The van der Waals surface area contributed by atoms with Crippen LogP contribution in [0.5, 0.6) is 0 Å². The van der Waals surface area contributed by atoms with Gasteiger partial charge in [0.25, 0.3) is 0 Å². The molecule has 1 aromatic rings. The van der Waals surface area contributed by atoms with Gasteiger partial charge in [-0.2, -0.15) is 0 Å². The highest BCUT2D eigenvalue weighted by Gasteiger charge is 2.05. The van der Waals surface area contributed by atoms with Crippen LogP contribution in [0.1, 0.15) is 50.0 Å². The summed E-state index contributed by atoms with van der Waals surface area (Å²) in [4.78, 5) is 14.5. The Balaban J connectivity index is 2.43. The minimum absolute atomic E-state index is 0.0780. The molecule has 0 bridgehead atoms. The van der Waals surface area contributed by atoms with Crippen molar-refractivity contribution in [3.8, 4) is 0 Å². The second-order valence-electron chi connectivity index (χ2n) is 4.28. The maximum absolute atomic E-state index is 10.6. The van der Waals surface area contributed by atoms with Crippen LogP contribution in [0.25, 0.3) is 0 Å². The van der Waals surface area contributed by atoms with E-state index in [9.17, 15) is 4.79 Å². The molecule has 0 aromatic carbocycles. The number of aromatic nitrogens is 1. The van der Waals surface area contributed by atoms with E-state index in [0.717, 1.165) is 12.1 Å². The molecule has 0 amide bonds. The highest BCUT2D eigenvalue weighted by molar-refractivity contribution is 5.85. The average molecular weight is 236 g/mol. The zero-order valence-corrected chi connectivity index (χ0v) is 10.4. The van der Waals surface area contributed by atoms with Gasteiger partial charge in [0.1, 0.15) is 5.69 Å². The number of unbranched alkanes of at least 4 members (excludes halogenated alkanes) is 2. The fourth-order valence-corrected chi connectivity index (χ4v) is 1.66. The molecule has 1 rings (SSSR count). The van der Waals surface area contributed by atoms with Gasteiger partial charge in [-0.3, -0.25) is 0 Å². The quantitative estimate of drug-likeness (QED) is 0.714. The van der Waals surface area contributed by atoms with Gasteiger partial charge < -0.3 is 10.4 Å². The third kappa shape index (κ3) is 4.85. The number of hydrogen-bond acceptors (Lipinski definition) is 3. The number of aromatic carboxylic acids is 1. The Morgan fingerprint density at radius 2 is 2.24 bits per heavy atom. The molecule has 0 saturated heterocycles. The highest BCUT2D eigenvalue weighted by Crippen LogP contribution is 2.11. The second-order valence-corrected chi connectivity index (χ2v) is 4.28. The summed E-state index contributed by atoms with van der Waals surface area (Å²) in [5.41, 5.74) is 0.952. The van der Waals surface area contributed by atoms with Gasteiger partial charge in [-0.25, -0.2) is 9.78 Å². The summed E-state index contributed by atoms with van der Waals surface area (Å²) >= 11 is 0. The Morgan fingerprint density at radius 3 is 2.76 bits per heavy atom. The molecule has 1 atom stereocenters. The van der Waals surface area contributed by atoms with E-state index >= 15 is 0 Å². The first-order valence-electron chi connectivity index (χ1n) is 6.09. The summed E-state index contributed by atoms with van der Waals surface area (Å²) in [6, 6.07) is 3.66. The molecule has 0 spiro atoms. The lowest BCUT2D eigenvalue weighted by molar-refractivity contribution is 0.0690. The van der Waals surface area contributed by atoms with Crippen molar-refractivity contribution in [2.45, 2.75) is 45.6 Å². The van der Waals surface area contributed by atoms with Gasteiger partial charge in [0, 0.05) is 6.04 Å². The molecule has 1 heterocycles. The van der Waals surface area contributed by atoms with Crippen LogP contribution in [0.4, 0.5) is 5.69 Å². The maximum atomic E-state index is 10.6. The van der Waals surface area contributed by atoms with Crippen LogP contribution in [0.15, 0.2) is 18.3 Å². The highest BCUT2D eigenvalue weighted by atomic mass is 16.4. The van der Waals surface area contributed by atoms with E-state index in [1.807, 2.05) is 0 Å². The smallest absolute Gasteiger partial charge is 0.354 e. The largest absolute Gasteiger partial charge is 0.477 e. The van der Waals surface area contributed by atoms with Crippen molar-refractivity contribution in [3.63, 3.8) is 0 Å². The molecule has 94 valence electrons. The van der Waals surface area contributed by atoms with Crippen LogP contribution in [0.2, 0.25) is 0 Å². The first kappa shape index (κ1) is 13.5. The summed E-state index contributed by atoms with van der Waals surface area (Å²) < 4.78 is 0. The summed E-state index contributed by atoms with van der Waals surface area (Å²) in [6.45, 7) is 4.31. The minimum atomic E-state index is -0.993. The molecule has 2 N–H and O–H groups in total. The molecular formula is C13H20N2O2. The number of pyridine rings is 1. The number of hydrogen-bond donors (Lipinski definition) is 2. The van der Waals surface area contributed by atoms with Crippen LogP contribution in [0, 0.1) is 0 Å². The van der Waals surface area contributed by atoms with Crippen LogP contribution < -0.4 is 5.32 Å². The molecule has 1 aromatic heterocycles. The van der Waals surface area contributed by atoms with Gasteiger partial charge in [-0.1, -0.05) is 26.2 Å². The van der Waals surface area contributed by atoms with Crippen LogP contribution in [-0.2, 0) is 0 Å². The van der Waals surface area contributed by atoms with Crippen molar-refractivity contribution in [1.82, 2.24) is 4.98 Å². The first-order valence-corrected chi connectivity index (χ1v) is 6.09. The molecule has 0 fully saturated rings. The second kappa shape index (κ2) is 6.89. The van der Waals surface area contributed by atoms with Gasteiger partial charge in [0.05, 0.1) is 11.9 Å². The Morgan fingerprint density at radius 1 is 1.47 bits per heavy atom. The Labute approximate surface area is 102 Å². The summed E-state index contributed by atoms with van der Waals surface area (Å²) in [5, 5.41) is 12.0. The fraction of sp³-hybridized carbons (Fsp3) is 0.538. The van der Waals surface area contributed by atoms with Crippen LogP contribution in [0.3, 0.4) is 0 Å². The number of nitrogens with one attached hydrogen (secondary N) is 1. The predicted octanol–water partition coefficient (Wildman–Crippen LogP) is 3.16. The van der Waals surface area contributed by atoms with E-state index in [4.69, 9.17) is 5.11 Å². The molecule has 1 unspecified atom stereocenters. The molecule has 0 aliphatic heterocycles. The van der Waals surface area contributed by atoms with Gasteiger partial charge in [-0.05, 0) is 25.5 Å². The molecule has 0 aliphatic carbocycles. The predicted molar refractivity (Wildman–Crippen MR) is 68.4 cm³/mol. The van der Waals surface area contributed by atoms with Crippen LogP contribution >= 0.6 is 0 Å². The zero-order chi connectivity index (χ0) is 12.7. The molecule has 4 heteroatoms. The van der Waals surface area contributed by atoms with Crippen molar-refractivity contribution in [2.24, 2.45) is 0 Å². The van der Waals surface area contributed by atoms with Crippen LogP contribution in [-0.4, -0.2) is 22.1 Å². The Hall–Kier alpha value is -1.58. The number of carboxylic acids is 1. The Kier molecular flexibility index (Phi) is 5.46. The van der Waals surface area contributed by atoms with E-state index in [1.165, 1.54) is 25.3 Å². The number of anilines is 1. The monoisotopic (exact) mass is 236 g/mol. The molecule has 0 radical (unpaired) electrons. The van der Waals surface area contributed by atoms with E-state index in [2.05, 4.69) is 24.1 Å². The summed E-state index contributed by atoms with van der Waals surface area (Å²) in [6.07, 6.45) is 6.38. The van der Waals surface area contributed by atoms with E-state index in [0.29, 0.717) is 6.04 Å². The fourth-order valence-electron chi connectivity index (χ4n) is 1.66. The first-order chi connectivity index (χ1) is 8.13. The molecule has 0 aliphatic rings. The van der Waals surface area contributed by atoms with Gasteiger partial charge >= 0.3 is 5.97 Å². The maximum Gasteiger partial charge on any atom is 0.354 e. The lowest BCUT2D eigenvalue weighted by atomic mass is 10.1. The summed E-state index contributed by atoms with van der Waals surface area (Å²) in [7, 11) is 0. The van der Waals surface area contributed by atoms with Crippen molar-refractivity contribution >= 4 is 11.7 Å². The molecule has 4 nitrogen and oxygen atoms in total. The minimum Gasteiger partial charge on any atom is -0.477 e. The summed E-state index contributed by atoms with van der Waals surface area (Å²) in [5.74, 6) is -0.993. The van der Waals surface area contributed by atoms with Crippen molar-refractivity contribution < 1.29 is 9.90 Å². The number of rotatable bonds is 7. The Bertz CT molecular complexity index is 349. The van der Waals surface area contributed by atoms with Crippen molar-refractivity contribution in [1.29, 1.82) is 0 Å². The SMILES string of the molecule is CCCCCC(C)Nc1ccc(C(=O)O)nc1. The molecular weight excluding hydrogens is 216 g/mol. The van der Waals surface area contributed by atoms with E-state index < -0.39 is 5.97 Å². The van der Waals surface area contributed by atoms with Gasteiger partial charge in [0.15, 0.2) is 0 Å². The normalized spacial score (nSPS) is 12.1. The molecule has 0 saturated carbocycles. The number of nitrogens with zero attached hydrogens (tertiary/aromatic N) is 1.